The van der Waals surface area contributed by atoms with Crippen LogP contribution in [0.4, 0.5) is 15.8 Å². The summed E-state index contributed by atoms with van der Waals surface area (Å²) in [5, 5.41) is 6.99. The quantitative estimate of drug-likeness (QED) is 0.273. The van der Waals surface area contributed by atoms with E-state index < -0.39 is 5.82 Å². The van der Waals surface area contributed by atoms with Crippen molar-refractivity contribution in [1.82, 2.24) is 0 Å². The van der Waals surface area contributed by atoms with Crippen LogP contribution in [-0.4, -0.2) is 12.5 Å². The number of carbonyl (C=O) groups excluding carboxylic acids is 1. The number of nitrogens with one attached hydrogen (secondary N) is 2. The Hall–Kier alpha value is -2.96. The van der Waals surface area contributed by atoms with Crippen LogP contribution >= 0.6 is 23.2 Å². The minimum atomic E-state index is -0.440. The van der Waals surface area contributed by atoms with Gasteiger partial charge in [0.05, 0.1) is 11.6 Å². The van der Waals surface area contributed by atoms with Crippen molar-refractivity contribution in [2.75, 3.05) is 17.2 Å². The summed E-state index contributed by atoms with van der Waals surface area (Å²) in [4.78, 5) is 12.1. The highest BCUT2D eigenvalue weighted by Gasteiger charge is 2.14. The van der Waals surface area contributed by atoms with Gasteiger partial charge in [-0.3, -0.25) is 4.79 Å². The normalized spacial score (nSPS) is 10.8. The van der Waals surface area contributed by atoms with Gasteiger partial charge < -0.3 is 20.1 Å². The van der Waals surface area contributed by atoms with Gasteiger partial charge in [-0.25, -0.2) is 4.39 Å². The van der Waals surface area contributed by atoms with Crippen molar-refractivity contribution >= 4 is 40.5 Å². The first-order valence-corrected chi connectivity index (χ1v) is 12.2. The molecule has 3 aromatic carbocycles. The largest absolute Gasteiger partial charge is 0.490 e. The fraction of sp³-hybridized carbons (Fsp3) is 0.296. The number of halogens is 3. The third-order valence-electron chi connectivity index (χ3n) is 5.07. The van der Waals surface area contributed by atoms with Crippen LogP contribution in [0.25, 0.3) is 0 Å². The molecule has 0 aromatic heterocycles. The summed E-state index contributed by atoms with van der Waals surface area (Å²) in [7, 11) is 0. The molecule has 35 heavy (non-hydrogen) atoms. The Morgan fingerprint density at radius 3 is 2.40 bits per heavy atom. The lowest BCUT2D eigenvalue weighted by Gasteiger charge is -2.16. The molecule has 0 unspecified atom stereocenters. The minimum Gasteiger partial charge on any atom is -0.490 e. The molecule has 0 bridgehead atoms. The van der Waals surface area contributed by atoms with Crippen LogP contribution in [0.15, 0.2) is 54.6 Å². The fourth-order valence-corrected chi connectivity index (χ4v) is 3.84. The Kier molecular flexibility index (Phi) is 9.64. The van der Waals surface area contributed by atoms with Gasteiger partial charge in [0, 0.05) is 41.0 Å². The second-order valence-electron chi connectivity index (χ2n) is 8.39. The van der Waals surface area contributed by atoms with E-state index in [0.29, 0.717) is 36.1 Å². The molecule has 3 aromatic rings. The van der Waals surface area contributed by atoms with Gasteiger partial charge in [0.2, 0.25) is 5.91 Å². The number of rotatable bonds is 11. The van der Waals surface area contributed by atoms with Crippen LogP contribution in [0.5, 0.6) is 11.5 Å². The summed E-state index contributed by atoms with van der Waals surface area (Å²) in [5.74, 6) is 0.720. The smallest absolute Gasteiger partial charge is 0.224 e. The number of carbonyl (C=O) groups is 1. The highest BCUT2D eigenvalue weighted by molar-refractivity contribution is 6.31. The molecule has 0 heterocycles. The molecular weight excluding hydrogens is 490 g/mol. The predicted molar refractivity (Wildman–Crippen MR) is 140 cm³/mol. The standard InChI is InChI=1S/C27H29Cl2FN2O3/c1-4-34-25-12-18(15-31-19-7-5-8-20(13-19)32-27(33)11-17(2)3)23(29)14-26(25)35-16-21-22(28)9-6-10-24(21)30/h5-10,12-14,17,31H,4,11,15-16H2,1-3H3,(H,32,33). The second kappa shape index (κ2) is 12.7. The van der Waals surface area contributed by atoms with Crippen molar-refractivity contribution in [2.24, 2.45) is 5.92 Å². The maximum absolute atomic E-state index is 14.1. The summed E-state index contributed by atoms with van der Waals surface area (Å²) >= 11 is 12.6. The predicted octanol–water partition coefficient (Wildman–Crippen LogP) is 7.71. The average molecular weight is 519 g/mol. The van der Waals surface area contributed by atoms with Crippen LogP contribution in [0.2, 0.25) is 10.0 Å². The fourth-order valence-electron chi connectivity index (χ4n) is 3.40. The molecule has 5 nitrogen and oxygen atoms in total. The zero-order chi connectivity index (χ0) is 25.4. The summed E-state index contributed by atoms with van der Waals surface area (Å²) in [6.07, 6.45) is 0.463. The molecule has 3 rings (SSSR count). The Bertz CT molecular complexity index is 1150. The van der Waals surface area contributed by atoms with Crippen molar-refractivity contribution in [3.05, 3.63) is 81.6 Å². The van der Waals surface area contributed by atoms with Gasteiger partial charge >= 0.3 is 0 Å². The van der Waals surface area contributed by atoms with E-state index in [9.17, 15) is 9.18 Å². The number of amides is 1. The molecule has 186 valence electrons. The summed E-state index contributed by atoms with van der Waals surface area (Å²) in [6.45, 7) is 6.65. The zero-order valence-electron chi connectivity index (χ0n) is 20.0. The van der Waals surface area contributed by atoms with Gasteiger partial charge in [0.1, 0.15) is 12.4 Å². The highest BCUT2D eigenvalue weighted by atomic mass is 35.5. The summed E-state index contributed by atoms with van der Waals surface area (Å²) in [5.41, 5.74) is 2.60. The Balaban J connectivity index is 1.71. The Morgan fingerprint density at radius 1 is 0.971 bits per heavy atom. The molecule has 0 radical (unpaired) electrons. The maximum atomic E-state index is 14.1. The third-order valence-corrected chi connectivity index (χ3v) is 5.78. The molecule has 0 saturated heterocycles. The molecule has 8 heteroatoms. The van der Waals surface area contributed by atoms with Crippen molar-refractivity contribution in [3.8, 4) is 11.5 Å². The van der Waals surface area contributed by atoms with E-state index in [1.165, 1.54) is 6.07 Å². The molecule has 0 aliphatic carbocycles. The van der Waals surface area contributed by atoms with E-state index in [1.807, 2.05) is 45.0 Å². The van der Waals surface area contributed by atoms with Crippen LogP contribution in [0, 0.1) is 11.7 Å². The van der Waals surface area contributed by atoms with Crippen LogP contribution < -0.4 is 20.1 Å². The third kappa shape index (κ3) is 7.77. The number of hydrogen-bond acceptors (Lipinski definition) is 4. The van der Waals surface area contributed by atoms with E-state index in [1.54, 1.807) is 24.3 Å². The lowest BCUT2D eigenvalue weighted by molar-refractivity contribution is -0.116. The van der Waals surface area contributed by atoms with Crippen molar-refractivity contribution < 1.29 is 18.7 Å². The van der Waals surface area contributed by atoms with E-state index in [4.69, 9.17) is 32.7 Å². The minimum absolute atomic E-state index is 0.0196. The summed E-state index contributed by atoms with van der Waals surface area (Å²) < 4.78 is 25.7. The maximum Gasteiger partial charge on any atom is 0.224 e. The van der Waals surface area contributed by atoms with Gasteiger partial charge in [-0.05, 0) is 54.8 Å². The highest BCUT2D eigenvalue weighted by Crippen LogP contribution is 2.35. The molecule has 0 saturated carbocycles. The lowest BCUT2D eigenvalue weighted by Crippen LogP contribution is -2.14. The molecular formula is C27H29Cl2FN2O3. The van der Waals surface area contributed by atoms with Crippen molar-refractivity contribution in [1.29, 1.82) is 0 Å². The van der Waals surface area contributed by atoms with Gasteiger partial charge in [0.15, 0.2) is 11.5 Å². The summed E-state index contributed by atoms with van der Waals surface area (Å²) in [6, 6.07) is 15.4. The van der Waals surface area contributed by atoms with Crippen LogP contribution in [0.3, 0.4) is 0 Å². The van der Waals surface area contributed by atoms with Crippen LogP contribution in [-0.2, 0) is 17.9 Å². The molecule has 0 fully saturated rings. The molecule has 2 N–H and O–H groups in total. The number of benzene rings is 3. The number of ether oxygens (including phenoxy) is 2. The number of hydrogen-bond donors (Lipinski definition) is 2. The van der Waals surface area contributed by atoms with Crippen LogP contribution in [0.1, 0.15) is 38.3 Å². The van der Waals surface area contributed by atoms with Gasteiger partial charge in [0.25, 0.3) is 0 Å². The molecule has 0 aliphatic heterocycles. The zero-order valence-corrected chi connectivity index (χ0v) is 21.5. The van der Waals surface area contributed by atoms with Gasteiger partial charge in [-0.15, -0.1) is 0 Å². The van der Waals surface area contributed by atoms with Gasteiger partial charge in [-0.2, -0.15) is 0 Å². The van der Waals surface area contributed by atoms with E-state index >= 15 is 0 Å². The Morgan fingerprint density at radius 2 is 1.69 bits per heavy atom. The number of anilines is 2. The molecule has 0 atom stereocenters. The lowest BCUT2D eigenvalue weighted by atomic mass is 10.1. The second-order valence-corrected chi connectivity index (χ2v) is 9.21. The topological polar surface area (TPSA) is 59.6 Å². The van der Waals surface area contributed by atoms with E-state index in [2.05, 4.69) is 10.6 Å². The SMILES string of the molecule is CCOc1cc(CNc2cccc(NC(=O)CC(C)C)c2)c(Cl)cc1OCc1c(F)cccc1Cl. The Labute approximate surface area is 215 Å². The van der Waals surface area contributed by atoms with Crippen molar-refractivity contribution in [3.63, 3.8) is 0 Å². The van der Waals surface area contributed by atoms with Crippen molar-refractivity contribution in [2.45, 2.75) is 40.3 Å². The molecule has 0 aliphatic rings. The first kappa shape index (κ1) is 26.6. The molecule has 0 spiro atoms. The van der Waals surface area contributed by atoms with E-state index in [-0.39, 0.29) is 29.0 Å². The first-order valence-electron chi connectivity index (χ1n) is 11.4. The van der Waals surface area contributed by atoms with Gasteiger partial charge in [-0.1, -0.05) is 49.2 Å². The first-order chi connectivity index (χ1) is 16.8. The monoisotopic (exact) mass is 518 g/mol. The average Bonchev–Trinajstić information content (AvgIpc) is 2.79. The van der Waals surface area contributed by atoms with E-state index in [0.717, 1.165) is 16.9 Å². The molecule has 1 amide bonds.